The quantitative estimate of drug-likeness (QED) is 0.666. The first kappa shape index (κ1) is 20.5. The van der Waals surface area contributed by atoms with Crippen molar-refractivity contribution in [2.45, 2.75) is 19.5 Å². The number of fused-ring (bicyclic) bond motifs is 1. The van der Waals surface area contributed by atoms with Crippen LogP contribution in [0.15, 0.2) is 54.6 Å². The molecule has 0 saturated carbocycles. The van der Waals surface area contributed by atoms with Crippen LogP contribution in [0.25, 0.3) is 0 Å². The van der Waals surface area contributed by atoms with E-state index in [1.54, 1.807) is 41.0 Å². The van der Waals surface area contributed by atoms with E-state index >= 15 is 0 Å². The summed E-state index contributed by atoms with van der Waals surface area (Å²) in [6.07, 6.45) is 0.640. The van der Waals surface area contributed by atoms with Crippen LogP contribution in [0.4, 0.5) is 10.5 Å². The smallest absolute Gasteiger partial charge is 0.322 e. The van der Waals surface area contributed by atoms with Gasteiger partial charge in [-0.15, -0.1) is 0 Å². The van der Waals surface area contributed by atoms with Crippen LogP contribution < -0.4 is 15.4 Å². The summed E-state index contributed by atoms with van der Waals surface area (Å²) in [5.41, 5.74) is 3.85. The number of aryl methyl sites for hydroxylation is 1. The number of carbonyl (C=O) groups is 2. The summed E-state index contributed by atoms with van der Waals surface area (Å²) in [5, 5.41) is 10.3. The zero-order valence-corrected chi connectivity index (χ0v) is 17.6. The highest BCUT2D eigenvalue weighted by atomic mass is 16.5. The van der Waals surface area contributed by atoms with Crippen LogP contribution in [0.5, 0.6) is 5.75 Å². The molecule has 0 atom stereocenters. The maximum Gasteiger partial charge on any atom is 0.322 e. The Kier molecular flexibility index (Phi) is 5.88. The zero-order chi connectivity index (χ0) is 21.8. The summed E-state index contributed by atoms with van der Waals surface area (Å²) in [7, 11) is 3.43. The highest BCUT2D eigenvalue weighted by molar-refractivity contribution is 5.94. The third kappa shape index (κ3) is 4.53. The predicted molar refractivity (Wildman–Crippen MR) is 117 cm³/mol. The molecule has 8 nitrogen and oxygen atoms in total. The molecule has 0 unspecified atom stereocenters. The van der Waals surface area contributed by atoms with Gasteiger partial charge in [-0.1, -0.05) is 30.3 Å². The van der Waals surface area contributed by atoms with Gasteiger partial charge in [0.1, 0.15) is 5.75 Å². The van der Waals surface area contributed by atoms with Crippen LogP contribution in [0, 0.1) is 0 Å². The first-order chi connectivity index (χ1) is 15.0. The number of hydrogen-bond donors (Lipinski definition) is 2. The van der Waals surface area contributed by atoms with Gasteiger partial charge in [-0.25, -0.2) is 4.79 Å². The number of amides is 3. The summed E-state index contributed by atoms with van der Waals surface area (Å²) in [6, 6.07) is 16.7. The Hall–Kier alpha value is -3.81. The number of carbonyl (C=O) groups excluding carboxylic acids is 2. The van der Waals surface area contributed by atoms with Gasteiger partial charge in [-0.05, 0) is 29.8 Å². The normalized spacial score (nSPS) is 12.8. The molecule has 1 aliphatic heterocycles. The van der Waals surface area contributed by atoms with E-state index in [2.05, 4.69) is 15.7 Å². The Labute approximate surface area is 180 Å². The fourth-order valence-electron chi connectivity index (χ4n) is 3.69. The SMILES string of the molecule is COc1ccc(NC(=O)N2CCc3c(c(C(=O)NCc4ccccc4)nn3C)C2)cc1. The molecule has 0 radical (unpaired) electrons. The van der Waals surface area contributed by atoms with Crippen LogP contribution in [-0.2, 0) is 26.6 Å². The van der Waals surface area contributed by atoms with Crippen molar-refractivity contribution in [3.8, 4) is 5.75 Å². The molecule has 0 fully saturated rings. The second-order valence-electron chi connectivity index (χ2n) is 7.40. The van der Waals surface area contributed by atoms with Crippen molar-refractivity contribution < 1.29 is 14.3 Å². The lowest BCUT2D eigenvalue weighted by atomic mass is 10.0. The summed E-state index contributed by atoms with van der Waals surface area (Å²) in [4.78, 5) is 27.3. The maximum atomic E-state index is 12.8. The predicted octanol–water partition coefficient (Wildman–Crippen LogP) is 2.95. The van der Waals surface area contributed by atoms with E-state index in [-0.39, 0.29) is 11.9 Å². The Bertz CT molecular complexity index is 1080. The van der Waals surface area contributed by atoms with Gasteiger partial charge in [0.2, 0.25) is 0 Å². The number of urea groups is 1. The van der Waals surface area contributed by atoms with Gasteiger partial charge < -0.3 is 20.3 Å². The average molecular weight is 419 g/mol. The topological polar surface area (TPSA) is 88.5 Å². The van der Waals surface area contributed by atoms with E-state index in [9.17, 15) is 9.59 Å². The molecule has 0 bridgehead atoms. The van der Waals surface area contributed by atoms with Gasteiger partial charge in [0.05, 0.1) is 13.7 Å². The highest BCUT2D eigenvalue weighted by Gasteiger charge is 2.29. The van der Waals surface area contributed by atoms with Crippen molar-refractivity contribution >= 4 is 17.6 Å². The standard InChI is InChI=1S/C23H25N5O3/c1-27-20-12-13-28(23(30)25-17-8-10-18(31-2)11-9-17)15-19(20)21(26-27)22(29)24-14-16-6-4-3-5-7-16/h3-11H,12-15H2,1-2H3,(H,24,29)(H,25,30). The molecule has 3 amide bonds. The summed E-state index contributed by atoms with van der Waals surface area (Å²) in [6.45, 7) is 1.31. The first-order valence-electron chi connectivity index (χ1n) is 10.1. The van der Waals surface area contributed by atoms with Gasteiger partial charge in [-0.3, -0.25) is 9.48 Å². The monoisotopic (exact) mass is 419 g/mol. The van der Waals surface area contributed by atoms with Crippen molar-refractivity contribution in [3.63, 3.8) is 0 Å². The number of benzene rings is 2. The number of rotatable bonds is 5. The minimum absolute atomic E-state index is 0.213. The Morgan fingerprint density at radius 2 is 1.84 bits per heavy atom. The number of methoxy groups -OCH3 is 1. The fraction of sp³-hybridized carbons (Fsp3) is 0.261. The molecular formula is C23H25N5O3. The second-order valence-corrected chi connectivity index (χ2v) is 7.40. The molecule has 1 aromatic heterocycles. The molecule has 0 spiro atoms. The molecule has 2 aromatic carbocycles. The van der Waals surface area contributed by atoms with Crippen LogP contribution in [0.3, 0.4) is 0 Å². The molecule has 1 aliphatic rings. The Balaban J connectivity index is 1.45. The lowest BCUT2D eigenvalue weighted by Gasteiger charge is -2.27. The van der Waals surface area contributed by atoms with E-state index in [4.69, 9.17) is 4.74 Å². The molecule has 3 aromatic rings. The lowest BCUT2D eigenvalue weighted by molar-refractivity contribution is 0.0943. The van der Waals surface area contributed by atoms with Crippen LogP contribution in [0.1, 0.15) is 27.3 Å². The molecule has 0 aliphatic carbocycles. The van der Waals surface area contributed by atoms with Gasteiger partial charge in [0.25, 0.3) is 5.91 Å². The number of nitrogens with one attached hydrogen (secondary N) is 2. The van der Waals surface area contributed by atoms with Gasteiger partial charge in [0.15, 0.2) is 5.69 Å². The van der Waals surface area contributed by atoms with E-state index in [0.29, 0.717) is 37.4 Å². The molecule has 4 rings (SSSR count). The molecule has 2 heterocycles. The van der Waals surface area contributed by atoms with Crippen molar-refractivity contribution in [2.24, 2.45) is 7.05 Å². The van der Waals surface area contributed by atoms with Crippen molar-refractivity contribution in [2.75, 3.05) is 19.0 Å². The summed E-state index contributed by atoms with van der Waals surface area (Å²) < 4.78 is 6.89. The second kappa shape index (κ2) is 8.91. The van der Waals surface area contributed by atoms with Gasteiger partial charge in [-0.2, -0.15) is 5.10 Å². The zero-order valence-electron chi connectivity index (χ0n) is 17.6. The number of anilines is 1. The summed E-state index contributed by atoms with van der Waals surface area (Å²) >= 11 is 0. The lowest BCUT2D eigenvalue weighted by Crippen LogP contribution is -2.39. The molecule has 8 heteroatoms. The molecule has 31 heavy (non-hydrogen) atoms. The van der Waals surface area contributed by atoms with Crippen molar-refractivity contribution in [1.29, 1.82) is 0 Å². The van der Waals surface area contributed by atoms with Crippen LogP contribution >= 0.6 is 0 Å². The molecule has 0 saturated heterocycles. The van der Waals surface area contributed by atoms with E-state index < -0.39 is 0 Å². The number of ether oxygens (including phenoxy) is 1. The molecular weight excluding hydrogens is 394 g/mol. The molecule has 160 valence electrons. The van der Waals surface area contributed by atoms with Crippen LogP contribution in [0.2, 0.25) is 0 Å². The highest BCUT2D eigenvalue weighted by Crippen LogP contribution is 2.23. The number of hydrogen-bond acceptors (Lipinski definition) is 4. The van der Waals surface area contributed by atoms with E-state index in [0.717, 1.165) is 22.6 Å². The van der Waals surface area contributed by atoms with E-state index in [1.165, 1.54) is 0 Å². The van der Waals surface area contributed by atoms with Gasteiger partial charge >= 0.3 is 6.03 Å². The minimum Gasteiger partial charge on any atom is -0.497 e. The fourth-order valence-corrected chi connectivity index (χ4v) is 3.69. The Morgan fingerprint density at radius 1 is 1.10 bits per heavy atom. The largest absolute Gasteiger partial charge is 0.497 e. The molecule has 2 N–H and O–H groups in total. The van der Waals surface area contributed by atoms with Gasteiger partial charge in [0, 0.05) is 43.5 Å². The van der Waals surface area contributed by atoms with Crippen molar-refractivity contribution in [3.05, 3.63) is 77.1 Å². The first-order valence-corrected chi connectivity index (χ1v) is 10.1. The minimum atomic E-state index is -0.238. The summed E-state index contributed by atoms with van der Waals surface area (Å²) in [5.74, 6) is 0.486. The third-order valence-corrected chi connectivity index (χ3v) is 5.38. The third-order valence-electron chi connectivity index (χ3n) is 5.38. The average Bonchev–Trinajstić information content (AvgIpc) is 3.14. The van der Waals surface area contributed by atoms with E-state index in [1.807, 2.05) is 37.4 Å². The number of nitrogens with zero attached hydrogens (tertiary/aromatic N) is 3. The Morgan fingerprint density at radius 3 is 2.55 bits per heavy atom. The van der Waals surface area contributed by atoms with Crippen molar-refractivity contribution in [1.82, 2.24) is 20.0 Å². The maximum absolute atomic E-state index is 12.8. The van der Waals surface area contributed by atoms with Crippen LogP contribution in [-0.4, -0.2) is 40.3 Å². The number of aromatic nitrogens is 2.